The van der Waals surface area contributed by atoms with Crippen molar-refractivity contribution in [2.24, 2.45) is 11.8 Å². The Labute approximate surface area is 106 Å². The van der Waals surface area contributed by atoms with Gasteiger partial charge in [0.2, 0.25) is 0 Å². The van der Waals surface area contributed by atoms with Gasteiger partial charge in [0.15, 0.2) is 5.78 Å². The first kappa shape index (κ1) is 14.3. The van der Waals surface area contributed by atoms with Gasteiger partial charge in [0.1, 0.15) is 11.3 Å². The van der Waals surface area contributed by atoms with Gasteiger partial charge in [-0.2, -0.15) is 4.73 Å². The van der Waals surface area contributed by atoms with E-state index in [0.717, 1.165) is 18.7 Å². The highest BCUT2D eigenvalue weighted by Gasteiger charge is 2.24. The summed E-state index contributed by atoms with van der Waals surface area (Å²) in [5.41, 5.74) is -1.22. The van der Waals surface area contributed by atoms with Crippen molar-refractivity contribution in [1.82, 2.24) is 4.73 Å². The number of carbonyl (C=O) groups is 1. The zero-order valence-corrected chi connectivity index (χ0v) is 10.9. The summed E-state index contributed by atoms with van der Waals surface area (Å²) in [5.74, 6) is -0.806. The monoisotopic (exact) mass is 253 g/mol. The molecule has 0 bridgehead atoms. The molecule has 1 rings (SSSR count). The molecule has 0 aromatic carbocycles. The van der Waals surface area contributed by atoms with Crippen molar-refractivity contribution < 1.29 is 15.1 Å². The minimum Gasteiger partial charge on any atom is -0.507 e. The van der Waals surface area contributed by atoms with Crippen LogP contribution in [0.15, 0.2) is 17.1 Å². The minimum absolute atomic E-state index is 0.308. The normalized spacial score (nSPS) is 14.2. The zero-order chi connectivity index (χ0) is 13.9. The second kappa shape index (κ2) is 5.71. The Morgan fingerprint density at radius 1 is 1.44 bits per heavy atom. The molecule has 0 radical (unpaired) electrons. The molecular weight excluding hydrogens is 234 g/mol. The molecule has 0 aliphatic carbocycles. The van der Waals surface area contributed by atoms with Gasteiger partial charge in [0, 0.05) is 12.0 Å². The van der Waals surface area contributed by atoms with Crippen molar-refractivity contribution in [1.29, 1.82) is 0 Å². The highest BCUT2D eigenvalue weighted by molar-refractivity contribution is 5.99. The highest BCUT2D eigenvalue weighted by atomic mass is 16.5. The molecule has 1 aromatic heterocycles. The molecule has 0 amide bonds. The number of hydrogen-bond acceptors (Lipinski definition) is 4. The van der Waals surface area contributed by atoms with E-state index >= 15 is 0 Å². The molecule has 100 valence electrons. The van der Waals surface area contributed by atoms with Gasteiger partial charge < -0.3 is 10.3 Å². The van der Waals surface area contributed by atoms with E-state index in [1.165, 1.54) is 0 Å². The SMILES string of the molecule is CCC(C)CC(C)C(=O)c1c(O)ccn(O)c1=O. The average Bonchev–Trinajstić information content (AvgIpc) is 2.33. The van der Waals surface area contributed by atoms with Crippen molar-refractivity contribution in [2.75, 3.05) is 0 Å². The predicted octanol–water partition coefficient (Wildman–Crippen LogP) is 2.05. The van der Waals surface area contributed by atoms with Gasteiger partial charge >= 0.3 is 0 Å². The van der Waals surface area contributed by atoms with Gasteiger partial charge in [0.05, 0.1) is 6.20 Å². The summed E-state index contributed by atoms with van der Waals surface area (Å²) < 4.78 is 0.308. The maximum atomic E-state index is 12.1. The van der Waals surface area contributed by atoms with E-state index in [4.69, 9.17) is 0 Å². The molecule has 0 fully saturated rings. The Hall–Kier alpha value is -1.78. The van der Waals surface area contributed by atoms with Gasteiger partial charge in [-0.25, -0.2) is 0 Å². The van der Waals surface area contributed by atoms with E-state index in [1.54, 1.807) is 6.92 Å². The van der Waals surface area contributed by atoms with Crippen molar-refractivity contribution in [3.05, 3.63) is 28.2 Å². The predicted molar refractivity (Wildman–Crippen MR) is 67.1 cm³/mol. The number of nitrogens with zero attached hydrogens (tertiary/aromatic N) is 1. The van der Waals surface area contributed by atoms with Crippen molar-refractivity contribution >= 4 is 5.78 Å². The molecule has 5 heteroatoms. The van der Waals surface area contributed by atoms with Crippen LogP contribution in [0, 0.1) is 11.8 Å². The van der Waals surface area contributed by atoms with Crippen molar-refractivity contribution in [3.8, 4) is 5.75 Å². The molecule has 0 spiro atoms. The van der Waals surface area contributed by atoms with Crippen LogP contribution in [-0.2, 0) is 0 Å². The Morgan fingerprint density at radius 2 is 2.06 bits per heavy atom. The summed E-state index contributed by atoms with van der Waals surface area (Å²) in [6.45, 7) is 5.78. The van der Waals surface area contributed by atoms with Crippen LogP contribution in [0.3, 0.4) is 0 Å². The molecule has 0 aliphatic heterocycles. The first-order valence-corrected chi connectivity index (χ1v) is 6.06. The molecule has 5 nitrogen and oxygen atoms in total. The topological polar surface area (TPSA) is 79.5 Å². The number of rotatable bonds is 5. The third kappa shape index (κ3) is 2.91. The van der Waals surface area contributed by atoms with Gasteiger partial charge in [-0.1, -0.05) is 27.2 Å². The average molecular weight is 253 g/mol. The van der Waals surface area contributed by atoms with Crippen LogP contribution >= 0.6 is 0 Å². The fraction of sp³-hybridized carbons (Fsp3) is 0.538. The fourth-order valence-electron chi connectivity index (χ4n) is 1.87. The fourth-order valence-corrected chi connectivity index (χ4v) is 1.87. The molecule has 2 N–H and O–H groups in total. The van der Waals surface area contributed by atoms with Crippen molar-refractivity contribution in [2.45, 2.75) is 33.6 Å². The smallest absolute Gasteiger partial charge is 0.297 e. The van der Waals surface area contributed by atoms with Crippen molar-refractivity contribution in [3.63, 3.8) is 0 Å². The van der Waals surface area contributed by atoms with E-state index < -0.39 is 11.3 Å². The second-order valence-corrected chi connectivity index (χ2v) is 4.74. The lowest BCUT2D eigenvalue weighted by atomic mass is 9.89. The number of aromatic hydroxyl groups is 1. The highest BCUT2D eigenvalue weighted by Crippen LogP contribution is 2.21. The molecule has 1 heterocycles. The number of pyridine rings is 1. The van der Waals surface area contributed by atoms with Crippen LogP contribution < -0.4 is 5.56 Å². The second-order valence-electron chi connectivity index (χ2n) is 4.74. The molecule has 2 atom stereocenters. The lowest BCUT2D eigenvalue weighted by Crippen LogP contribution is -2.27. The maximum Gasteiger partial charge on any atom is 0.297 e. The first-order chi connectivity index (χ1) is 8.38. The maximum absolute atomic E-state index is 12.1. The molecule has 0 saturated carbocycles. The molecule has 2 unspecified atom stereocenters. The summed E-state index contributed by atoms with van der Waals surface area (Å²) in [6.07, 6.45) is 2.60. The Kier molecular flexibility index (Phi) is 4.53. The molecule has 0 saturated heterocycles. The van der Waals surface area contributed by atoms with E-state index in [1.807, 2.05) is 13.8 Å². The summed E-state index contributed by atoms with van der Waals surface area (Å²) in [4.78, 5) is 23.7. The number of ketones is 1. The van der Waals surface area contributed by atoms with Crippen LogP contribution in [0.4, 0.5) is 0 Å². The van der Waals surface area contributed by atoms with Crippen LogP contribution in [0.25, 0.3) is 0 Å². The number of carbonyl (C=O) groups excluding carboxylic acids is 1. The standard InChI is InChI=1S/C13H19NO4/c1-4-8(2)7-9(3)12(16)11-10(15)5-6-14(18)13(11)17/h5-6,8-9,15,18H,4,7H2,1-3H3. The van der Waals surface area contributed by atoms with E-state index in [0.29, 0.717) is 17.1 Å². The minimum atomic E-state index is -0.879. The molecular formula is C13H19NO4. The van der Waals surface area contributed by atoms with Gasteiger partial charge in [-0.05, 0) is 12.3 Å². The third-order valence-corrected chi connectivity index (χ3v) is 3.20. The summed E-state index contributed by atoms with van der Waals surface area (Å²) in [6, 6.07) is 1.13. The zero-order valence-electron chi connectivity index (χ0n) is 10.9. The van der Waals surface area contributed by atoms with E-state index in [9.17, 15) is 19.9 Å². The van der Waals surface area contributed by atoms with Gasteiger partial charge in [-0.15, -0.1) is 0 Å². The molecule has 18 heavy (non-hydrogen) atoms. The van der Waals surface area contributed by atoms with Crippen LogP contribution in [0.5, 0.6) is 5.75 Å². The summed E-state index contributed by atoms with van der Waals surface area (Å²) in [7, 11) is 0. The van der Waals surface area contributed by atoms with Gasteiger partial charge in [0.25, 0.3) is 5.56 Å². The summed E-state index contributed by atoms with van der Waals surface area (Å²) in [5, 5.41) is 18.8. The molecule has 0 aliphatic rings. The van der Waals surface area contributed by atoms with Crippen LogP contribution in [0.2, 0.25) is 0 Å². The largest absolute Gasteiger partial charge is 0.507 e. The number of hydrogen-bond donors (Lipinski definition) is 2. The first-order valence-electron chi connectivity index (χ1n) is 6.06. The third-order valence-electron chi connectivity index (χ3n) is 3.20. The Morgan fingerprint density at radius 3 is 2.61 bits per heavy atom. The Balaban J connectivity index is 3.04. The van der Waals surface area contributed by atoms with E-state index in [2.05, 4.69) is 0 Å². The number of Topliss-reactive ketones (excluding diaryl/α,β-unsaturated/α-hetero) is 1. The quantitative estimate of drug-likeness (QED) is 0.621. The van der Waals surface area contributed by atoms with E-state index in [-0.39, 0.29) is 17.2 Å². The Bertz CT molecular complexity index is 492. The number of aromatic nitrogens is 1. The van der Waals surface area contributed by atoms with Crippen LogP contribution in [-0.4, -0.2) is 20.8 Å². The lowest BCUT2D eigenvalue weighted by Gasteiger charge is -2.15. The summed E-state index contributed by atoms with van der Waals surface area (Å²) >= 11 is 0. The van der Waals surface area contributed by atoms with Crippen LogP contribution in [0.1, 0.15) is 44.0 Å². The molecule has 1 aromatic rings. The lowest BCUT2D eigenvalue weighted by molar-refractivity contribution is 0.0900. The van der Waals surface area contributed by atoms with Gasteiger partial charge in [-0.3, -0.25) is 9.59 Å².